The summed E-state index contributed by atoms with van der Waals surface area (Å²) in [5, 5.41) is 4.49. The van der Waals surface area contributed by atoms with Crippen LogP contribution in [0.25, 0.3) is 0 Å². The summed E-state index contributed by atoms with van der Waals surface area (Å²) in [6.45, 7) is 0. The van der Waals surface area contributed by atoms with Gasteiger partial charge in [0.25, 0.3) is 11.8 Å². The summed E-state index contributed by atoms with van der Waals surface area (Å²) in [6.07, 6.45) is -4.84. The first-order valence-electron chi connectivity index (χ1n) is 9.36. The van der Waals surface area contributed by atoms with Gasteiger partial charge in [-0.3, -0.25) is 9.59 Å². The smallest absolute Gasteiger partial charge is 0.418 e. The highest BCUT2D eigenvalue weighted by Gasteiger charge is 2.34. The maximum Gasteiger partial charge on any atom is 0.418 e. The summed E-state index contributed by atoms with van der Waals surface area (Å²) in [4.78, 5) is 36.1. The molecule has 170 valence electrons. The predicted octanol–water partition coefficient (Wildman–Crippen LogP) is 5.14. The molecule has 0 aliphatic carbocycles. The molecule has 6 nitrogen and oxygen atoms in total. The molecule has 0 heterocycles. The molecule has 3 aromatic rings. The van der Waals surface area contributed by atoms with Crippen molar-refractivity contribution in [3.63, 3.8) is 0 Å². The van der Waals surface area contributed by atoms with Crippen molar-refractivity contribution in [1.29, 1.82) is 0 Å². The highest BCUT2D eigenvalue weighted by Crippen LogP contribution is 2.37. The van der Waals surface area contributed by atoms with E-state index in [0.29, 0.717) is 6.07 Å². The van der Waals surface area contributed by atoms with E-state index in [-0.39, 0.29) is 22.4 Å². The van der Waals surface area contributed by atoms with Gasteiger partial charge in [0.15, 0.2) is 0 Å². The van der Waals surface area contributed by atoms with Crippen LogP contribution in [0, 0.1) is 5.82 Å². The van der Waals surface area contributed by atoms with Gasteiger partial charge in [0.05, 0.1) is 23.9 Å². The lowest BCUT2D eigenvalue weighted by Crippen LogP contribution is -2.18. The van der Waals surface area contributed by atoms with Crippen molar-refractivity contribution in [3.8, 4) is 0 Å². The number of nitrogens with one attached hydrogen (secondary N) is 2. The molecular weight excluding hydrogens is 444 g/mol. The molecule has 0 radical (unpaired) electrons. The Morgan fingerprint density at radius 1 is 0.758 bits per heavy atom. The number of benzene rings is 3. The van der Waals surface area contributed by atoms with Gasteiger partial charge in [-0.05, 0) is 66.7 Å². The Morgan fingerprint density at radius 2 is 1.27 bits per heavy atom. The molecule has 2 N–H and O–H groups in total. The molecule has 0 spiro atoms. The summed E-state index contributed by atoms with van der Waals surface area (Å²) in [7, 11) is 1.19. The standard InChI is InChI=1S/C23H16F4N2O4/c1-33-22(32)15-4-2-13(3-5-15)21(31)29-19-11-10-17(12-18(19)23(25,26)27)28-20(30)14-6-8-16(24)9-7-14/h2-12H,1H3,(H,28,30)(H,29,31). The maximum atomic E-state index is 13.6. The molecule has 0 unspecified atom stereocenters. The molecule has 10 heteroatoms. The van der Waals surface area contributed by atoms with E-state index in [9.17, 15) is 31.9 Å². The largest absolute Gasteiger partial charge is 0.465 e. The van der Waals surface area contributed by atoms with Gasteiger partial charge in [-0.15, -0.1) is 0 Å². The summed E-state index contributed by atoms with van der Waals surface area (Å²) in [5.41, 5.74) is -1.63. The van der Waals surface area contributed by atoms with Crippen molar-refractivity contribution in [2.24, 2.45) is 0 Å². The molecule has 3 aromatic carbocycles. The van der Waals surface area contributed by atoms with Crippen molar-refractivity contribution >= 4 is 29.2 Å². The number of methoxy groups -OCH3 is 1. The fourth-order valence-corrected chi connectivity index (χ4v) is 2.84. The van der Waals surface area contributed by atoms with E-state index >= 15 is 0 Å². The first-order chi connectivity index (χ1) is 15.6. The minimum absolute atomic E-state index is 0.0180. The number of anilines is 2. The van der Waals surface area contributed by atoms with E-state index < -0.39 is 41.0 Å². The fraction of sp³-hybridized carbons (Fsp3) is 0.0870. The summed E-state index contributed by atoms with van der Waals surface area (Å²) >= 11 is 0. The van der Waals surface area contributed by atoms with Crippen LogP contribution in [0.2, 0.25) is 0 Å². The van der Waals surface area contributed by atoms with Gasteiger partial charge < -0.3 is 15.4 Å². The van der Waals surface area contributed by atoms with Gasteiger partial charge in [-0.1, -0.05) is 0 Å². The SMILES string of the molecule is COC(=O)c1ccc(C(=O)Nc2ccc(NC(=O)c3ccc(F)cc3)cc2C(F)(F)F)cc1. The molecule has 3 rings (SSSR count). The van der Waals surface area contributed by atoms with Crippen molar-refractivity contribution in [2.45, 2.75) is 6.18 Å². The zero-order chi connectivity index (χ0) is 24.2. The van der Waals surface area contributed by atoms with Crippen LogP contribution in [-0.2, 0) is 10.9 Å². The van der Waals surface area contributed by atoms with Gasteiger partial charge in [0, 0.05) is 16.8 Å². The number of carbonyl (C=O) groups is 3. The zero-order valence-corrected chi connectivity index (χ0v) is 17.0. The molecule has 0 fully saturated rings. The van der Waals surface area contributed by atoms with Crippen molar-refractivity contribution in [2.75, 3.05) is 17.7 Å². The number of ether oxygens (including phenoxy) is 1. The third-order valence-electron chi connectivity index (χ3n) is 4.51. The molecule has 2 amide bonds. The number of rotatable bonds is 5. The van der Waals surface area contributed by atoms with Crippen molar-refractivity contribution < 1.29 is 36.7 Å². The molecule has 0 aromatic heterocycles. The van der Waals surface area contributed by atoms with Crippen molar-refractivity contribution in [1.82, 2.24) is 0 Å². The predicted molar refractivity (Wildman–Crippen MR) is 112 cm³/mol. The molecule has 0 aliphatic rings. The Hall–Kier alpha value is -4.21. The summed E-state index contributed by atoms with van der Waals surface area (Å²) in [5.74, 6) is -2.75. The maximum absolute atomic E-state index is 13.6. The van der Waals surface area contributed by atoms with Crippen LogP contribution in [0.5, 0.6) is 0 Å². The fourth-order valence-electron chi connectivity index (χ4n) is 2.84. The van der Waals surface area contributed by atoms with E-state index in [2.05, 4.69) is 15.4 Å². The van der Waals surface area contributed by atoms with E-state index in [1.165, 1.54) is 49.6 Å². The minimum atomic E-state index is -4.84. The zero-order valence-electron chi connectivity index (χ0n) is 17.0. The average Bonchev–Trinajstić information content (AvgIpc) is 2.79. The van der Waals surface area contributed by atoms with E-state index in [0.717, 1.165) is 18.2 Å². The molecular formula is C23H16F4N2O4. The van der Waals surface area contributed by atoms with Crippen LogP contribution in [0.15, 0.2) is 66.7 Å². The molecule has 0 bridgehead atoms. The Balaban J connectivity index is 1.82. The number of esters is 1. The molecule has 0 saturated heterocycles. The quantitative estimate of drug-likeness (QED) is 0.408. The molecule has 0 aliphatic heterocycles. The van der Waals surface area contributed by atoms with Gasteiger partial charge in [0.1, 0.15) is 5.82 Å². The number of hydrogen-bond acceptors (Lipinski definition) is 4. The Kier molecular flexibility index (Phi) is 6.76. The first kappa shape index (κ1) is 23.5. The van der Waals surface area contributed by atoms with Crippen LogP contribution in [0.3, 0.4) is 0 Å². The molecule has 0 saturated carbocycles. The highest BCUT2D eigenvalue weighted by molar-refractivity contribution is 6.06. The number of hydrogen-bond donors (Lipinski definition) is 2. The van der Waals surface area contributed by atoms with Crippen LogP contribution in [0.1, 0.15) is 36.6 Å². The van der Waals surface area contributed by atoms with Crippen LogP contribution in [-0.4, -0.2) is 24.9 Å². The van der Waals surface area contributed by atoms with E-state index in [1.807, 2.05) is 0 Å². The minimum Gasteiger partial charge on any atom is -0.465 e. The summed E-state index contributed by atoms with van der Waals surface area (Å²) in [6, 6.07) is 12.5. The third kappa shape index (κ3) is 5.73. The number of halogens is 4. The van der Waals surface area contributed by atoms with Crippen molar-refractivity contribution in [3.05, 3.63) is 94.8 Å². The first-order valence-corrected chi connectivity index (χ1v) is 9.36. The highest BCUT2D eigenvalue weighted by atomic mass is 19.4. The monoisotopic (exact) mass is 460 g/mol. The van der Waals surface area contributed by atoms with Crippen LogP contribution < -0.4 is 10.6 Å². The second-order valence-corrected chi connectivity index (χ2v) is 6.74. The van der Waals surface area contributed by atoms with Gasteiger partial charge in [-0.25, -0.2) is 9.18 Å². The van der Waals surface area contributed by atoms with E-state index in [4.69, 9.17) is 0 Å². The van der Waals surface area contributed by atoms with Crippen LogP contribution in [0.4, 0.5) is 28.9 Å². The van der Waals surface area contributed by atoms with Gasteiger partial charge >= 0.3 is 12.1 Å². The lowest BCUT2D eigenvalue weighted by molar-refractivity contribution is -0.136. The van der Waals surface area contributed by atoms with E-state index in [1.54, 1.807) is 0 Å². The second-order valence-electron chi connectivity index (χ2n) is 6.74. The number of carbonyl (C=O) groups excluding carboxylic acids is 3. The van der Waals surface area contributed by atoms with Crippen LogP contribution >= 0.6 is 0 Å². The lowest BCUT2D eigenvalue weighted by atomic mass is 10.1. The Labute approximate surface area is 185 Å². The molecule has 0 atom stereocenters. The van der Waals surface area contributed by atoms with Gasteiger partial charge in [0.2, 0.25) is 0 Å². The average molecular weight is 460 g/mol. The Morgan fingerprint density at radius 3 is 1.82 bits per heavy atom. The Bertz CT molecular complexity index is 1190. The lowest BCUT2D eigenvalue weighted by Gasteiger charge is -2.16. The second kappa shape index (κ2) is 9.51. The topological polar surface area (TPSA) is 84.5 Å². The third-order valence-corrected chi connectivity index (χ3v) is 4.51. The normalized spacial score (nSPS) is 10.9. The number of amides is 2. The molecule has 33 heavy (non-hydrogen) atoms. The summed E-state index contributed by atoms with van der Waals surface area (Å²) < 4.78 is 58.4. The number of alkyl halides is 3. The van der Waals surface area contributed by atoms with Gasteiger partial charge in [-0.2, -0.15) is 13.2 Å².